The smallest absolute Gasteiger partial charge is 0.0394 e. The number of benzene rings is 1. The Labute approximate surface area is 102 Å². The van der Waals surface area contributed by atoms with Gasteiger partial charge in [0.2, 0.25) is 0 Å². The summed E-state index contributed by atoms with van der Waals surface area (Å²) in [6.07, 6.45) is 5.99. The molecule has 0 aromatic heterocycles. The van der Waals surface area contributed by atoms with Crippen LogP contribution in [0.4, 0.5) is 0 Å². The van der Waals surface area contributed by atoms with Gasteiger partial charge >= 0.3 is 0 Å². The lowest BCUT2D eigenvalue weighted by Crippen LogP contribution is -2.23. The molecule has 2 bridgehead atoms. The van der Waals surface area contributed by atoms with Crippen LogP contribution in [0.3, 0.4) is 0 Å². The monoisotopic (exact) mass is 231 g/mol. The van der Waals surface area contributed by atoms with Crippen LogP contribution in [0.5, 0.6) is 0 Å². The molecule has 1 nitrogen and oxygen atoms in total. The van der Waals surface area contributed by atoms with Gasteiger partial charge in [-0.2, -0.15) is 0 Å². The van der Waals surface area contributed by atoms with Gasteiger partial charge in [-0.05, 0) is 42.2 Å². The van der Waals surface area contributed by atoms with Gasteiger partial charge in [-0.3, -0.25) is 0 Å². The van der Waals surface area contributed by atoms with Gasteiger partial charge in [0.05, 0.1) is 0 Å². The van der Waals surface area contributed by atoms with E-state index in [1.807, 2.05) is 11.9 Å². The van der Waals surface area contributed by atoms with Crippen molar-refractivity contribution in [2.45, 2.75) is 19.4 Å². The molecule has 1 aliphatic heterocycles. The highest BCUT2D eigenvalue weighted by atomic mass is 32.2. The van der Waals surface area contributed by atoms with Crippen LogP contribution in [0.25, 0.3) is 5.57 Å². The highest BCUT2D eigenvalue weighted by molar-refractivity contribution is 7.96. The number of hydrogen-bond donors (Lipinski definition) is 0. The van der Waals surface area contributed by atoms with Crippen molar-refractivity contribution in [1.29, 1.82) is 0 Å². The van der Waals surface area contributed by atoms with Gasteiger partial charge < -0.3 is 0 Å². The van der Waals surface area contributed by atoms with Gasteiger partial charge in [-0.1, -0.05) is 42.3 Å². The molecular formula is C14H17NS. The van der Waals surface area contributed by atoms with Crippen LogP contribution in [-0.4, -0.2) is 23.1 Å². The molecule has 0 N–H and O–H groups in total. The third-order valence-electron chi connectivity index (χ3n) is 3.80. The molecule has 2 heteroatoms. The summed E-state index contributed by atoms with van der Waals surface area (Å²) >= 11 is 1.89. The molecule has 2 aliphatic rings. The van der Waals surface area contributed by atoms with Crippen molar-refractivity contribution in [3.63, 3.8) is 0 Å². The molecule has 1 saturated heterocycles. The molecular weight excluding hydrogens is 214 g/mol. The Hall–Kier alpha value is -0.730. The first-order valence-electron chi connectivity index (χ1n) is 5.88. The molecule has 1 fully saturated rings. The van der Waals surface area contributed by atoms with Crippen LogP contribution in [0, 0.1) is 12.8 Å². The van der Waals surface area contributed by atoms with E-state index < -0.39 is 0 Å². The van der Waals surface area contributed by atoms with E-state index in [4.69, 9.17) is 0 Å². The first kappa shape index (κ1) is 10.4. The van der Waals surface area contributed by atoms with Crippen molar-refractivity contribution in [2.24, 2.45) is 5.92 Å². The molecule has 0 amide bonds. The van der Waals surface area contributed by atoms with Gasteiger partial charge in [-0.15, -0.1) is 0 Å². The van der Waals surface area contributed by atoms with Crippen molar-refractivity contribution >= 4 is 17.5 Å². The Morgan fingerprint density at radius 1 is 1.31 bits per heavy atom. The lowest BCUT2D eigenvalue weighted by Gasteiger charge is -2.24. The summed E-state index contributed by atoms with van der Waals surface area (Å²) in [4.78, 5) is 0. The van der Waals surface area contributed by atoms with E-state index >= 15 is 0 Å². The average Bonchev–Trinajstić information content (AvgIpc) is 2.88. The zero-order valence-corrected chi connectivity index (χ0v) is 10.6. The van der Waals surface area contributed by atoms with Crippen LogP contribution in [0.15, 0.2) is 30.3 Å². The lowest BCUT2D eigenvalue weighted by molar-refractivity contribution is 0.495. The second kappa shape index (κ2) is 3.94. The van der Waals surface area contributed by atoms with E-state index in [2.05, 4.69) is 47.8 Å². The summed E-state index contributed by atoms with van der Waals surface area (Å²) in [5.41, 5.74) is 4.47. The van der Waals surface area contributed by atoms with Crippen LogP contribution in [0.2, 0.25) is 0 Å². The maximum Gasteiger partial charge on any atom is 0.0394 e. The fourth-order valence-electron chi connectivity index (χ4n) is 2.97. The van der Waals surface area contributed by atoms with Crippen LogP contribution in [0.1, 0.15) is 17.5 Å². The third kappa shape index (κ3) is 1.52. The van der Waals surface area contributed by atoms with Gasteiger partial charge in [0.15, 0.2) is 0 Å². The molecule has 3 rings (SSSR count). The van der Waals surface area contributed by atoms with Crippen molar-refractivity contribution in [3.8, 4) is 0 Å². The van der Waals surface area contributed by atoms with E-state index in [0.717, 1.165) is 5.92 Å². The Morgan fingerprint density at radius 2 is 2.12 bits per heavy atom. The molecule has 0 spiro atoms. The summed E-state index contributed by atoms with van der Waals surface area (Å²) in [6.45, 7) is 3.44. The predicted molar refractivity (Wildman–Crippen MR) is 71.3 cm³/mol. The number of fused-ring (bicyclic) bond motifs is 2. The van der Waals surface area contributed by atoms with E-state index in [1.54, 1.807) is 5.57 Å². The minimum atomic E-state index is 0.676. The van der Waals surface area contributed by atoms with E-state index in [-0.39, 0.29) is 0 Å². The average molecular weight is 231 g/mol. The minimum absolute atomic E-state index is 0.676. The summed E-state index contributed by atoms with van der Waals surface area (Å²) in [5, 5.41) is 0. The normalized spacial score (nSPS) is 28.5. The van der Waals surface area contributed by atoms with Crippen molar-refractivity contribution in [1.82, 2.24) is 4.31 Å². The Bertz CT molecular complexity index is 438. The fourth-order valence-corrected chi connectivity index (χ4v) is 3.72. The maximum absolute atomic E-state index is 2.51. The molecule has 2 unspecified atom stereocenters. The molecule has 84 valence electrons. The summed E-state index contributed by atoms with van der Waals surface area (Å²) in [5.74, 6) is 0.763. The number of nitrogens with zero attached hydrogens (tertiary/aromatic N) is 1. The third-order valence-corrected chi connectivity index (χ3v) is 4.69. The van der Waals surface area contributed by atoms with E-state index in [9.17, 15) is 0 Å². The first-order chi connectivity index (χ1) is 7.79. The van der Waals surface area contributed by atoms with Crippen molar-refractivity contribution < 1.29 is 0 Å². The molecule has 1 aromatic rings. The van der Waals surface area contributed by atoms with Crippen LogP contribution in [-0.2, 0) is 0 Å². The molecule has 1 heterocycles. The molecule has 0 radical (unpaired) electrons. The predicted octanol–water partition coefficient (Wildman–Crippen LogP) is 3.36. The summed E-state index contributed by atoms with van der Waals surface area (Å²) < 4.78 is 2.51. The maximum atomic E-state index is 2.51. The van der Waals surface area contributed by atoms with Crippen molar-refractivity contribution in [2.75, 3.05) is 12.8 Å². The van der Waals surface area contributed by atoms with Crippen LogP contribution < -0.4 is 0 Å². The largest absolute Gasteiger partial charge is 0.243 e. The lowest BCUT2D eigenvalue weighted by atomic mass is 9.92. The quantitative estimate of drug-likeness (QED) is 0.718. The second-order valence-electron chi connectivity index (χ2n) is 4.72. The Morgan fingerprint density at radius 3 is 2.75 bits per heavy atom. The minimum Gasteiger partial charge on any atom is -0.243 e. The van der Waals surface area contributed by atoms with Gasteiger partial charge in [0, 0.05) is 12.6 Å². The Balaban J connectivity index is 1.95. The zero-order valence-electron chi connectivity index (χ0n) is 9.81. The second-order valence-corrected chi connectivity index (χ2v) is 5.55. The Kier molecular flexibility index (Phi) is 2.56. The highest BCUT2D eigenvalue weighted by Gasteiger charge is 2.39. The summed E-state index contributed by atoms with van der Waals surface area (Å²) in [6, 6.07) is 9.44. The first-order valence-corrected chi connectivity index (χ1v) is 7.06. The molecule has 16 heavy (non-hydrogen) atoms. The van der Waals surface area contributed by atoms with Gasteiger partial charge in [-0.25, -0.2) is 4.31 Å². The standard InChI is InChI=1S/C14H17NS/c1-10-5-3-4-6-13(10)14-8-12-7-11(14)9-15(12)16-2/h3-6,8,11-12H,7,9H2,1-2H3. The topological polar surface area (TPSA) is 3.24 Å². The SMILES string of the molecule is CSN1CC2CC1C=C2c1ccccc1C. The zero-order chi connectivity index (χ0) is 11.1. The van der Waals surface area contributed by atoms with Gasteiger partial charge in [0.1, 0.15) is 0 Å². The van der Waals surface area contributed by atoms with E-state index in [0.29, 0.717) is 6.04 Å². The molecule has 2 atom stereocenters. The number of aryl methyl sites for hydroxylation is 1. The molecule has 0 saturated carbocycles. The highest BCUT2D eigenvalue weighted by Crippen LogP contribution is 2.44. The number of hydrogen-bond acceptors (Lipinski definition) is 2. The van der Waals surface area contributed by atoms with Crippen molar-refractivity contribution in [3.05, 3.63) is 41.5 Å². The van der Waals surface area contributed by atoms with Crippen LogP contribution >= 0.6 is 11.9 Å². The number of rotatable bonds is 2. The van der Waals surface area contributed by atoms with Gasteiger partial charge in [0.25, 0.3) is 0 Å². The van der Waals surface area contributed by atoms with E-state index in [1.165, 1.54) is 24.1 Å². The molecule has 1 aliphatic carbocycles. The molecule has 1 aromatic carbocycles. The summed E-state index contributed by atoms with van der Waals surface area (Å²) in [7, 11) is 0. The fraction of sp³-hybridized carbons (Fsp3) is 0.429.